The number of fused-ring (bicyclic) bond motifs is 1. The van der Waals surface area contributed by atoms with Gasteiger partial charge in [0.15, 0.2) is 0 Å². The normalized spacial score (nSPS) is 28.2. The summed E-state index contributed by atoms with van der Waals surface area (Å²) < 4.78 is 0. The molecule has 5 heteroatoms. The lowest BCUT2D eigenvalue weighted by molar-refractivity contribution is 0.494. The smallest absolute Gasteiger partial charge is 0.239 e. The molecule has 1 saturated heterocycles. The largest absolute Gasteiger partial charge is 0.356 e. The number of hydrogen-bond donors (Lipinski definition) is 2. The molecule has 1 aliphatic heterocycles. The number of nitrogens with zero attached hydrogens (tertiary/aromatic N) is 3. The summed E-state index contributed by atoms with van der Waals surface area (Å²) >= 11 is 0. The average molecular weight is 219 g/mol. The van der Waals surface area contributed by atoms with Crippen LogP contribution in [0.25, 0.3) is 0 Å². The summed E-state index contributed by atoms with van der Waals surface area (Å²) in [5.74, 6) is 8.57. The molecule has 0 bridgehead atoms. The Bertz CT molecular complexity index is 368. The highest BCUT2D eigenvalue weighted by Gasteiger charge is 2.36. The molecule has 16 heavy (non-hydrogen) atoms. The molecule has 2 heterocycles. The highest BCUT2D eigenvalue weighted by molar-refractivity contribution is 5.43. The van der Waals surface area contributed by atoms with Crippen LogP contribution < -0.4 is 16.2 Å². The zero-order chi connectivity index (χ0) is 11.0. The van der Waals surface area contributed by atoms with Gasteiger partial charge in [-0.1, -0.05) is 6.42 Å². The molecule has 3 N–H and O–H groups in total. The van der Waals surface area contributed by atoms with E-state index in [0.29, 0.717) is 5.95 Å². The predicted molar refractivity (Wildman–Crippen MR) is 62.9 cm³/mol. The van der Waals surface area contributed by atoms with Crippen molar-refractivity contribution in [2.24, 2.45) is 17.7 Å². The van der Waals surface area contributed by atoms with E-state index in [0.717, 1.165) is 30.7 Å². The van der Waals surface area contributed by atoms with Crippen molar-refractivity contribution in [2.45, 2.75) is 19.3 Å². The minimum absolute atomic E-state index is 0.495. The molecule has 1 aromatic rings. The van der Waals surface area contributed by atoms with E-state index < -0.39 is 0 Å². The molecule has 5 nitrogen and oxygen atoms in total. The molecular formula is C11H17N5. The third-order valence-electron chi connectivity index (χ3n) is 3.82. The molecule has 1 aromatic heterocycles. The van der Waals surface area contributed by atoms with E-state index in [9.17, 15) is 0 Å². The zero-order valence-corrected chi connectivity index (χ0v) is 9.26. The topological polar surface area (TPSA) is 67.1 Å². The number of nitrogen functional groups attached to an aromatic ring is 1. The summed E-state index contributed by atoms with van der Waals surface area (Å²) in [5.41, 5.74) is 2.49. The molecule has 2 atom stereocenters. The monoisotopic (exact) mass is 219 g/mol. The van der Waals surface area contributed by atoms with Crippen LogP contribution in [0.4, 0.5) is 11.8 Å². The molecule has 2 aliphatic rings. The summed E-state index contributed by atoms with van der Waals surface area (Å²) in [7, 11) is 0. The molecule has 86 valence electrons. The maximum atomic E-state index is 5.32. The second-order valence-corrected chi connectivity index (χ2v) is 4.74. The first-order valence-electron chi connectivity index (χ1n) is 5.91. The Morgan fingerprint density at radius 2 is 2.06 bits per heavy atom. The number of anilines is 2. The number of aromatic nitrogens is 2. The third-order valence-corrected chi connectivity index (χ3v) is 3.82. The number of hydrazine groups is 1. The predicted octanol–water partition coefficient (Wildman–Crippen LogP) is 0.998. The quantitative estimate of drug-likeness (QED) is 0.573. The van der Waals surface area contributed by atoms with Crippen molar-refractivity contribution >= 4 is 11.8 Å². The van der Waals surface area contributed by atoms with Gasteiger partial charge in [-0.2, -0.15) is 4.98 Å². The van der Waals surface area contributed by atoms with Gasteiger partial charge in [0.25, 0.3) is 0 Å². The summed E-state index contributed by atoms with van der Waals surface area (Å²) in [4.78, 5) is 10.8. The summed E-state index contributed by atoms with van der Waals surface area (Å²) in [5, 5.41) is 0. The summed E-state index contributed by atoms with van der Waals surface area (Å²) in [6, 6.07) is 1.96. The van der Waals surface area contributed by atoms with Crippen molar-refractivity contribution < 1.29 is 0 Å². The van der Waals surface area contributed by atoms with E-state index in [-0.39, 0.29) is 0 Å². The second kappa shape index (κ2) is 3.90. The van der Waals surface area contributed by atoms with Gasteiger partial charge in [-0.25, -0.2) is 10.8 Å². The maximum absolute atomic E-state index is 5.32. The molecule has 0 aromatic carbocycles. The van der Waals surface area contributed by atoms with Gasteiger partial charge < -0.3 is 4.90 Å². The Morgan fingerprint density at radius 3 is 2.75 bits per heavy atom. The number of hydrogen-bond acceptors (Lipinski definition) is 5. The van der Waals surface area contributed by atoms with E-state index >= 15 is 0 Å². The van der Waals surface area contributed by atoms with Gasteiger partial charge in [-0.15, -0.1) is 0 Å². The van der Waals surface area contributed by atoms with E-state index in [1.165, 1.54) is 19.3 Å². The minimum Gasteiger partial charge on any atom is -0.356 e. The van der Waals surface area contributed by atoms with Crippen molar-refractivity contribution in [3.8, 4) is 0 Å². The Morgan fingerprint density at radius 1 is 1.31 bits per heavy atom. The summed E-state index contributed by atoms with van der Waals surface area (Å²) in [6.45, 7) is 2.29. The Kier molecular flexibility index (Phi) is 2.40. The molecule has 0 spiro atoms. The van der Waals surface area contributed by atoms with Crippen molar-refractivity contribution in [1.82, 2.24) is 9.97 Å². The molecule has 2 fully saturated rings. The van der Waals surface area contributed by atoms with Gasteiger partial charge in [0, 0.05) is 19.3 Å². The van der Waals surface area contributed by atoms with Crippen LogP contribution in [0.5, 0.6) is 0 Å². The molecule has 1 aliphatic carbocycles. The van der Waals surface area contributed by atoms with E-state index in [1.807, 2.05) is 6.07 Å². The Labute approximate surface area is 95.0 Å². The van der Waals surface area contributed by atoms with Gasteiger partial charge in [0.1, 0.15) is 5.82 Å². The Balaban J connectivity index is 1.78. The van der Waals surface area contributed by atoms with Crippen LogP contribution in [-0.4, -0.2) is 23.1 Å². The van der Waals surface area contributed by atoms with Crippen molar-refractivity contribution in [3.05, 3.63) is 12.3 Å². The fraction of sp³-hybridized carbons (Fsp3) is 0.636. The molecule has 3 rings (SSSR count). The molecule has 2 unspecified atom stereocenters. The van der Waals surface area contributed by atoms with Gasteiger partial charge >= 0.3 is 0 Å². The maximum Gasteiger partial charge on any atom is 0.239 e. The lowest BCUT2D eigenvalue weighted by atomic mass is 10.0. The van der Waals surface area contributed by atoms with Gasteiger partial charge in [0.05, 0.1) is 0 Å². The van der Waals surface area contributed by atoms with Crippen LogP contribution in [0.1, 0.15) is 19.3 Å². The average Bonchev–Trinajstić information content (AvgIpc) is 2.89. The van der Waals surface area contributed by atoms with Crippen LogP contribution in [0, 0.1) is 11.8 Å². The van der Waals surface area contributed by atoms with E-state index in [1.54, 1.807) is 6.20 Å². The number of nitrogens with two attached hydrogens (primary N) is 1. The van der Waals surface area contributed by atoms with Crippen LogP contribution >= 0.6 is 0 Å². The SMILES string of the molecule is NNc1nccc(N2CC3CCCC3C2)n1. The summed E-state index contributed by atoms with van der Waals surface area (Å²) in [6.07, 6.45) is 5.93. The fourth-order valence-electron chi connectivity index (χ4n) is 3.02. The first kappa shape index (κ1) is 9.84. The minimum atomic E-state index is 0.495. The van der Waals surface area contributed by atoms with Crippen LogP contribution in [0.2, 0.25) is 0 Å². The van der Waals surface area contributed by atoms with Gasteiger partial charge in [-0.3, -0.25) is 5.43 Å². The lowest BCUT2D eigenvalue weighted by Crippen LogP contribution is -2.22. The highest BCUT2D eigenvalue weighted by Crippen LogP contribution is 2.39. The highest BCUT2D eigenvalue weighted by atomic mass is 15.3. The number of rotatable bonds is 2. The first-order chi connectivity index (χ1) is 7.86. The fourth-order valence-corrected chi connectivity index (χ4v) is 3.02. The van der Waals surface area contributed by atoms with Crippen LogP contribution in [0.15, 0.2) is 12.3 Å². The van der Waals surface area contributed by atoms with Crippen molar-refractivity contribution in [3.63, 3.8) is 0 Å². The Hall–Kier alpha value is -1.36. The van der Waals surface area contributed by atoms with Gasteiger partial charge in [0.2, 0.25) is 5.95 Å². The van der Waals surface area contributed by atoms with Crippen LogP contribution in [-0.2, 0) is 0 Å². The first-order valence-corrected chi connectivity index (χ1v) is 5.91. The zero-order valence-electron chi connectivity index (χ0n) is 9.26. The van der Waals surface area contributed by atoms with Crippen LogP contribution in [0.3, 0.4) is 0 Å². The van der Waals surface area contributed by atoms with E-state index in [2.05, 4.69) is 20.3 Å². The standard InChI is InChI=1S/C11H17N5/c12-15-11-13-5-4-10(14-11)16-6-8-2-1-3-9(8)7-16/h4-5,8-9H,1-3,6-7,12H2,(H,13,14,15). The van der Waals surface area contributed by atoms with Gasteiger partial charge in [-0.05, 0) is 30.7 Å². The lowest BCUT2D eigenvalue weighted by Gasteiger charge is -2.18. The second-order valence-electron chi connectivity index (χ2n) is 4.74. The molecule has 1 saturated carbocycles. The van der Waals surface area contributed by atoms with Crippen molar-refractivity contribution in [2.75, 3.05) is 23.4 Å². The number of nitrogens with one attached hydrogen (secondary N) is 1. The molecular weight excluding hydrogens is 202 g/mol. The molecule has 0 radical (unpaired) electrons. The van der Waals surface area contributed by atoms with E-state index in [4.69, 9.17) is 5.84 Å². The van der Waals surface area contributed by atoms with Crippen molar-refractivity contribution in [1.29, 1.82) is 0 Å². The molecule has 0 amide bonds. The third kappa shape index (κ3) is 1.61.